The molecule has 0 bridgehead atoms. The summed E-state index contributed by atoms with van der Waals surface area (Å²) in [4.78, 5) is 43.0. The number of nitriles is 1. The van der Waals surface area contributed by atoms with E-state index in [2.05, 4.69) is 21.2 Å². The van der Waals surface area contributed by atoms with E-state index in [1.807, 2.05) is 6.07 Å². The Morgan fingerprint density at radius 3 is 2.52 bits per heavy atom. The lowest BCUT2D eigenvalue weighted by molar-refractivity contribution is 0.0706. The fraction of sp³-hybridized carbons (Fsp3) is 0.273. The number of benzene rings is 3. The fourth-order valence-corrected chi connectivity index (χ4v) is 5.80. The molecule has 1 aliphatic carbocycles. The molecule has 6 rings (SSSR count). The van der Waals surface area contributed by atoms with E-state index in [1.165, 1.54) is 21.3 Å². The smallest absolute Gasteiger partial charge is 0.333 e. The molecule has 0 saturated heterocycles. The highest BCUT2D eigenvalue weighted by Gasteiger charge is 2.33. The first kappa shape index (κ1) is 31.4. The standard InChI is InChI=1S/C33H28BrClFN5O5/c1-19(25-10-9-24(17-28(25)36)45-15-12-37)38-31(42)30-29-18-39(32(43)20-2-11-26(34)27(35)16-20)13-14-40(29)33(44)41(30)21-3-5-22(6-4-21)46-23-7-8-23/h2-6,9-11,16-17,19,23H,7-8,13-15,18H2,1H3,(H,38,42)/t19-/m0/s1. The van der Waals surface area contributed by atoms with Crippen molar-refractivity contribution in [1.82, 2.24) is 19.4 Å². The summed E-state index contributed by atoms with van der Waals surface area (Å²) < 4.78 is 29.5. The van der Waals surface area contributed by atoms with Crippen LogP contribution in [0.4, 0.5) is 4.39 Å². The first-order chi connectivity index (χ1) is 22.1. The van der Waals surface area contributed by atoms with E-state index in [0.717, 1.165) is 18.9 Å². The SMILES string of the molecule is C[C@H](NC(=O)c1c2n(c(=O)n1-c1ccc(OC3CC3)cc1)CCN(C(=O)c1ccc(Br)c(Cl)c1)C2)c1ccc(OCC#N)cc1F. The number of carbonyl (C=O) groups is 2. The van der Waals surface area contributed by atoms with Crippen LogP contribution in [0.25, 0.3) is 5.69 Å². The number of nitrogens with zero attached hydrogens (tertiary/aromatic N) is 4. The number of amides is 2. The van der Waals surface area contributed by atoms with Gasteiger partial charge < -0.3 is 19.7 Å². The first-order valence-electron chi connectivity index (χ1n) is 14.6. The van der Waals surface area contributed by atoms with Crippen LogP contribution in [0.2, 0.25) is 5.02 Å². The lowest BCUT2D eigenvalue weighted by atomic mass is 10.1. The summed E-state index contributed by atoms with van der Waals surface area (Å²) in [6.07, 6.45) is 2.18. The third-order valence-corrected chi connectivity index (χ3v) is 9.09. The minimum atomic E-state index is -0.808. The third kappa shape index (κ3) is 6.38. The molecule has 1 aliphatic heterocycles. The van der Waals surface area contributed by atoms with Gasteiger partial charge >= 0.3 is 5.69 Å². The van der Waals surface area contributed by atoms with Crippen molar-refractivity contribution in [3.8, 4) is 23.3 Å². The van der Waals surface area contributed by atoms with Gasteiger partial charge in [-0.05, 0) is 84.2 Å². The summed E-state index contributed by atoms with van der Waals surface area (Å²) in [5.74, 6) is -0.714. The number of hydrogen-bond acceptors (Lipinski definition) is 6. The first-order valence-corrected chi connectivity index (χ1v) is 15.8. The zero-order valence-corrected chi connectivity index (χ0v) is 27.0. The molecule has 3 aromatic carbocycles. The number of carbonyl (C=O) groups excluding carboxylic acids is 2. The van der Waals surface area contributed by atoms with Crippen LogP contribution in [0.5, 0.6) is 11.5 Å². The quantitative estimate of drug-likeness (QED) is 0.236. The Labute approximate surface area is 277 Å². The summed E-state index contributed by atoms with van der Waals surface area (Å²) in [5, 5.41) is 11.9. The highest BCUT2D eigenvalue weighted by molar-refractivity contribution is 9.10. The van der Waals surface area contributed by atoms with Gasteiger partial charge in [0.1, 0.15) is 29.1 Å². The molecule has 0 unspecified atom stereocenters. The van der Waals surface area contributed by atoms with Gasteiger partial charge in [0.2, 0.25) is 0 Å². The van der Waals surface area contributed by atoms with Crippen molar-refractivity contribution in [3.05, 3.63) is 109 Å². The molecular weight excluding hydrogens is 681 g/mol. The Bertz CT molecular complexity index is 1930. The van der Waals surface area contributed by atoms with Gasteiger partial charge in [0.25, 0.3) is 11.8 Å². The van der Waals surface area contributed by atoms with Gasteiger partial charge in [0.05, 0.1) is 35.1 Å². The molecule has 1 fully saturated rings. The molecule has 2 aliphatic rings. The second-order valence-corrected chi connectivity index (χ2v) is 12.3. The van der Waals surface area contributed by atoms with Crippen LogP contribution in [0.1, 0.15) is 57.9 Å². The zero-order valence-electron chi connectivity index (χ0n) is 24.6. The Kier molecular flexibility index (Phi) is 8.88. The van der Waals surface area contributed by atoms with E-state index >= 15 is 4.39 Å². The molecule has 0 radical (unpaired) electrons. The normalized spacial score (nSPS) is 14.6. The van der Waals surface area contributed by atoms with E-state index in [9.17, 15) is 14.4 Å². The summed E-state index contributed by atoms with van der Waals surface area (Å²) in [6.45, 7) is 1.77. The second kappa shape index (κ2) is 13.0. The van der Waals surface area contributed by atoms with E-state index < -0.39 is 23.5 Å². The Hall–Kier alpha value is -4.60. The van der Waals surface area contributed by atoms with Crippen molar-refractivity contribution >= 4 is 39.3 Å². The summed E-state index contributed by atoms with van der Waals surface area (Å²) in [5.41, 5.74) is 0.935. The van der Waals surface area contributed by atoms with Gasteiger partial charge in [0, 0.05) is 34.8 Å². The Balaban J connectivity index is 1.35. The Morgan fingerprint density at radius 1 is 1.11 bits per heavy atom. The number of ether oxygens (including phenoxy) is 2. The average Bonchev–Trinajstić information content (AvgIpc) is 3.82. The van der Waals surface area contributed by atoms with Crippen molar-refractivity contribution in [3.63, 3.8) is 0 Å². The molecule has 1 aromatic heterocycles. The van der Waals surface area contributed by atoms with E-state index in [1.54, 1.807) is 54.3 Å². The van der Waals surface area contributed by atoms with Crippen LogP contribution in [0.3, 0.4) is 0 Å². The molecule has 2 heterocycles. The predicted molar refractivity (Wildman–Crippen MR) is 171 cm³/mol. The molecule has 46 heavy (non-hydrogen) atoms. The van der Waals surface area contributed by atoms with Crippen LogP contribution in [0.15, 0.2) is 69.9 Å². The second-order valence-electron chi connectivity index (χ2n) is 11.1. The van der Waals surface area contributed by atoms with E-state index in [-0.39, 0.29) is 55.3 Å². The maximum atomic E-state index is 15.0. The number of aromatic nitrogens is 2. The van der Waals surface area contributed by atoms with Gasteiger partial charge in [-0.25, -0.2) is 9.18 Å². The largest absolute Gasteiger partial charge is 0.490 e. The zero-order chi connectivity index (χ0) is 32.5. The van der Waals surface area contributed by atoms with Crippen molar-refractivity contribution in [2.24, 2.45) is 0 Å². The van der Waals surface area contributed by atoms with Gasteiger partial charge in [-0.15, -0.1) is 0 Å². The monoisotopic (exact) mass is 707 g/mol. The van der Waals surface area contributed by atoms with Gasteiger partial charge in [-0.2, -0.15) is 5.26 Å². The topological polar surface area (TPSA) is 119 Å². The van der Waals surface area contributed by atoms with Crippen molar-refractivity contribution in [2.45, 2.75) is 45.0 Å². The Morgan fingerprint density at radius 2 is 1.85 bits per heavy atom. The van der Waals surface area contributed by atoms with Gasteiger partial charge in [0.15, 0.2) is 6.61 Å². The number of fused-ring (bicyclic) bond motifs is 1. The molecule has 10 nitrogen and oxygen atoms in total. The number of imidazole rings is 1. The molecule has 4 aromatic rings. The molecule has 0 spiro atoms. The summed E-state index contributed by atoms with van der Waals surface area (Å²) in [6, 6.07) is 17.0. The maximum absolute atomic E-state index is 15.0. The minimum absolute atomic E-state index is 0.0198. The molecule has 236 valence electrons. The maximum Gasteiger partial charge on any atom is 0.333 e. The molecule has 1 atom stereocenters. The average molecular weight is 709 g/mol. The molecule has 1 N–H and O–H groups in total. The minimum Gasteiger partial charge on any atom is -0.490 e. The number of halogens is 3. The number of hydrogen-bond donors (Lipinski definition) is 1. The number of rotatable bonds is 9. The third-order valence-electron chi connectivity index (χ3n) is 7.86. The van der Waals surface area contributed by atoms with Crippen LogP contribution < -0.4 is 20.5 Å². The van der Waals surface area contributed by atoms with E-state index in [0.29, 0.717) is 32.2 Å². The lowest BCUT2D eigenvalue weighted by Gasteiger charge is -2.28. The van der Waals surface area contributed by atoms with E-state index in [4.69, 9.17) is 26.3 Å². The fourth-order valence-electron chi connectivity index (χ4n) is 5.38. The van der Waals surface area contributed by atoms with Crippen molar-refractivity contribution in [1.29, 1.82) is 5.26 Å². The van der Waals surface area contributed by atoms with Crippen LogP contribution >= 0.6 is 27.5 Å². The predicted octanol–water partition coefficient (Wildman–Crippen LogP) is 5.78. The lowest BCUT2D eigenvalue weighted by Crippen LogP contribution is -2.41. The van der Waals surface area contributed by atoms with Crippen LogP contribution in [-0.4, -0.2) is 45.1 Å². The van der Waals surface area contributed by atoms with Crippen LogP contribution in [-0.2, 0) is 13.1 Å². The number of nitrogens with one attached hydrogen (secondary N) is 1. The molecular formula is C33H28BrClFN5O5. The summed E-state index contributed by atoms with van der Waals surface area (Å²) >= 11 is 9.58. The molecule has 1 saturated carbocycles. The van der Waals surface area contributed by atoms with Gasteiger partial charge in [-0.1, -0.05) is 17.7 Å². The highest BCUT2D eigenvalue weighted by Crippen LogP contribution is 2.29. The van der Waals surface area contributed by atoms with Gasteiger partial charge in [-0.3, -0.25) is 18.7 Å². The highest BCUT2D eigenvalue weighted by atomic mass is 79.9. The van der Waals surface area contributed by atoms with Crippen molar-refractivity contribution in [2.75, 3.05) is 13.2 Å². The van der Waals surface area contributed by atoms with Crippen LogP contribution in [0, 0.1) is 17.1 Å². The summed E-state index contributed by atoms with van der Waals surface area (Å²) in [7, 11) is 0. The van der Waals surface area contributed by atoms with Crippen molar-refractivity contribution < 1.29 is 23.5 Å². The molecule has 13 heteroatoms. The molecule has 2 amide bonds.